The van der Waals surface area contributed by atoms with E-state index in [0.717, 1.165) is 0 Å². The van der Waals surface area contributed by atoms with Crippen molar-refractivity contribution in [1.29, 1.82) is 0 Å². The number of rotatable bonds is 6. The third-order valence-corrected chi connectivity index (χ3v) is 4.26. The van der Waals surface area contributed by atoms with Crippen LogP contribution < -0.4 is 10.1 Å². The fraction of sp³-hybridized carbons (Fsp3) is 0.214. The van der Waals surface area contributed by atoms with Crippen molar-refractivity contribution in [3.8, 4) is 5.75 Å². The van der Waals surface area contributed by atoms with E-state index < -0.39 is 6.10 Å². The predicted octanol–water partition coefficient (Wildman–Crippen LogP) is 3.22. The number of ether oxygens (including phenoxy) is 1. The molecule has 0 fully saturated rings. The van der Waals surface area contributed by atoms with E-state index in [2.05, 4.69) is 5.32 Å². The normalized spacial score (nSPS) is 12.0. The molecule has 2 rings (SSSR count). The summed E-state index contributed by atoms with van der Waals surface area (Å²) in [5.74, 6) is 0.178. The first-order valence-corrected chi connectivity index (χ1v) is 7.78. The number of carbonyl (C=O) groups excluding carboxylic acids is 1. The largest absolute Gasteiger partial charge is 0.489 e. The fourth-order valence-corrected chi connectivity index (χ4v) is 2.53. The number of benzene rings is 1. The van der Waals surface area contributed by atoms with E-state index in [1.54, 1.807) is 30.3 Å². The summed E-state index contributed by atoms with van der Waals surface area (Å²) in [5, 5.41) is 14.9. The number of aliphatic hydroxyl groups is 1. The molecule has 4 nitrogen and oxygen atoms in total. The van der Waals surface area contributed by atoms with Crippen LogP contribution in [0.4, 0.5) is 0 Å². The Morgan fingerprint density at radius 1 is 1.33 bits per heavy atom. The molecule has 112 valence electrons. The smallest absolute Gasteiger partial charge is 0.261 e. The highest BCUT2D eigenvalue weighted by atomic mass is 35.5. The monoisotopic (exact) mass is 345 g/mol. The van der Waals surface area contributed by atoms with Crippen LogP contribution in [0.2, 0.25) is 10.0 Å². The average molecular weight is 346 g/mol. The molecule has 1 heterocycles. The maximum Gasteiger partial charge on any atom is 0.261 e. The van der Waals surface area contributed by atoms with Crippen molar-refractivity contribution in [2.45, 2.75) is 6.10 Å². The van der Waals surface area contributed by atoms with Crippen molar-refractivity contribution in [2.24, 2.45) is 0 Å². The lowest BCUT2D eigenvalue weighted by Crippen LogP contribution is -2.35. The highest BCUT2D eigenvalue weighted by Crippen LogP contribution is 2.31. The van der Waals surface area contributed by atoms with Gasteiger partial charge in [-0.05, 0) is 23.6 Å². The van der Waals surface area contributed by atoms with Crippen molar-refractivity contribution in [3.63, 3.8) is 0 Å². The molecule has 2 N–H and O–H groups in total. The first kappa shape index (κ1) is 16.1. The van der Waals surface area contributed by atoms with E-state index in [-0.39, 0.29) is 19.1 Å². The van der Waals surface area contributed by atoms with E-state index in [4.69, 9.17) is 27.9 Å². The highest BCUT2D eigenvalue weighted by Gasteiger charge is 2.12. The van der Waals surface area contributed by atoms with Crippen LogP contribution in [-0.4, -0.2) is 30.3 Å². The van der Waals surface area contributed by atoms with Crippen LogP contribution in [0.1, 0.15) is 9.67 Å². The Morgan fingerprint density at radius 3 is 2.86 bits per heavy atom. The van der Waals surface area contributed by atoms with Gasteiger partial charge < -0.3 is 15.2 Å². The van der Waals surface area contributed by atoms with Gasteiger partial charge in [-0.1, -0.05) is 35.3 Å². The Balaban J connectivity index is 1.78. The van der Waals surface area contributed by atoms with Crippen LogP contribution >= 0.6 is 34.5 Å². The van der Waals surface area contributed by atoms with Gasteiger partial charge in [-0.2, -0.15) is 0 Å². The molecule has 0 saturated heterocycles. The molecule has 7 heteroatoms. The molecule has 0 bridgehead atoms. The van der Waals surface area contributed by atoms with Crippen molar-refractivity contribution in [1.82, 2.24) is 5.32 Å². The zero-order chi connectivity index (χ0) is 15.2. The molecule has 0 aliphatic heterocycles. The summed E-state index contributed by atoms with van der Waals surface area (Å²) in [6, 6.07) is 8.52. The Labute approximate surface area is 136 Å². The standard InChI is InChI=1S/C14H13Cl2NO3S/c15-10-3-1-4-11(13(10)16)20-8-9(18)7-17-14(19)12-5-2-6-21-12/h1-6,9,18H,7-8H2,(H,17,19). The summed E-state index contributed by atoms with van der Waals surface area (Å²) in [5.41, 5.74) is 0. The van der Waals surface area contributed by atoms with Crippen molar-refractivity contribution >= 4 is 40.4 Å². The Kier molecular flexibility index (Phi) is 5.87. The lowest BCUT2D eigenvalue weighted by atomic mass is 10.3. The minimum Gasteiger partial charge on any atom is -0.489 e. The molecule has 0 saturated carbocycles. The van der Waals surface area contributed by atoms with Gasteiger partial charge in [-0.25, -0.2) is 0 Å². The summed E-state index contributed by atoms with van der Waals surface area (Å²) in [6.07, 6.45) is -0.844. The van der Waals surface area contributed by atoms with E-state index in [1.165, 1.54) is 11.3 Å². The zero-order valence-corrected chi connectivity index (χ0v) is 13.2. The minimum absolute atomic E-state index is 0.00474. The number of amides is 1. The maximum absolute atomic E-state index is 11.7. The molecule has 1 aromatic carbocycles. The summed E-state index contributed by atoms with van der Waals surface area (Å²) < 4.78 is 5.39. The Bertz CT molecular complexity index is 604. The molecule has 0 aliphatic carbocycles. The number of nitrogens with one attached hydrogen (secondary N) is 1. The summed E-state index contributed by atoms with van der Waals surface area (Å²) in [6.45, 7) is 0.0969. The second-order valence-electron chi connectivity index (χ2n) is 4.20. The van der Waals surface area contributed by atoms with Gasteiger partial charge >= 0.3 is 0 Å². The van der Waals surface area contributed by atoms with Gasteiger partial charge in [0.15, 0.2) is 0 Å². The molecule has 0 aliphatic rings. The molecule has 21 heavy (non-hydrogen) atoms. The number of aliphatic hydroxyl groups excluding tert-OH is 1. The quantitative estimate of drug-likeness (QED) is 0.844. The Hall–Kier alpha value is -1.27. The molecule has 0 spiro atoms. The molecule has 1 aromatic heterocycles. The van der Waals surface area contributed by atoms with Crippen molar-refractivity contribution < 1.29 is 14.6 Å². The van der Waals surface area contributed by atoms with Gasteiger partial charge in [0.1, 0.15) is 23.5 Å². The number of hydrogen-bond donors (Lipinski definition) is 2. The summed E-state index contributed by atoms with van der Waals surface area (Å²) >= 11 is 13.2. The van der Waals surface area contributed by atoms with E-state index in [0.29, 0.717) is 20.7 Å². The molecule has 1 atom stereocenters. The first-order valence-electron chi connectivity index (χ1n) is 6.14. The van der Waals surface area contributed by atoms with Gasteiger partial charge in [-0.15, -0.1) is 11.3 Å². The van der Waals surface area contributed by atoms with Crippen molar-refractivity contribution in [2.75, 3.05) is 13.2 Å². The number of hydrogen-bond acceptors (Lipinski definition) is 4. The SMILES string of the molecule is O=C(NCC(O)COc1cccc(Cl)c1Cl)c1cccs1. The van der Waals surface area contributed by atoms with E-state index in [1.807, 2.05) is 5.38 Å². The molecular formula is C14H13Cl2NO3S. The number of carbonyl (C=O) groups is 1. The predicted molar refractivity (Wildman–Crippen MR) is 84.6 cm³/mol. The third kappa shape index (κ3) is 4.61. The van der Waals surface area contributed by atoms with E-state index >= 15 is 0 Å². The van der Waals surface area contributed by atoms with Gasteiger partial charge in [0, 0.05) is 6.54 Å². The maximum atomic E-state index is 11.7. The van der Waals surface area contributed by atoms with Crippen LogP contribution in [0.3, 0.4) is 0 Å². The van der Waals surface area contributed by atoms with Crippen LogP contribution in [0.5, 0.6) is 5.75 Å². The van der Waals surface area contributed by atoms with Crippen LogP contribution in [-0.2, 0) is 0 Å². The van der Waals surface area contributed by atoms with Gasteiger partial charge in [0.2, 0.25) is 0 Å². The molecule has 1 unspecified atom stereocenters. The van der Waals surface area contributed by atoms with Gasteiger partial charge in [0.25, 0.3) is 5.91 Å². The van der Waals surface area contributed by atoms with Gasteiger partial charge in [-0.3, -0.25) is 4.79 Å². The number of thiophene rings is 1. The second-order valence-corrected chi connectivity index (χ2v) is 5.94. The van der Waals surface area contributed by atoms with Crippen LogP contribution in [0, 0.1) is 0 Å². The van der Waals surface area contributed by atoms with Crippen molar-refractivity contribution in [3.05, 3.63) is 50.6 Å². The summed E-state index contributed by atoms with van der Waals surface area (Å²) in [7, 11) is 0. The Morgan fingerprint density at radius 2 is 2.14 bits per heavy atom. The first-order chi connectivity index (χ1) is 10.1. The summed E-state index contributed by atoms with van der Waals surface area (Å²) in [4.78, 5) is 12.3. The molecule has 1 amide bonds. The third-order valence-electron chi connectivity index (χ3n) is 2.59. The molecule has 2 aromatic rings. The lowest BCUT2D eigenvalue weighted by Gasteiger charge is -2.14. The topological polar surface area (TPSA) is 58.6 Å². The number of halogens is 2. The molecule has 0 radical (unpaired) electrons. The lowest BCUT2D eigenvalue weighted by molar-refractivity contribution is 0.0847. The average Bonchev–Trinajstić information content (AvgIpc) is 3.00. The zero-order valence-electron chi connectivity index (χ0n) is 10.9. The second kappa shape index (κ2) is 7.66. The van der Waals surface area contributed by atoms with Gasteiger partial charge in [0.05, 0.1) is 9.90 Å². The fourth-order valence-electron chi connectivity index (χ4n) is 1.55. The highest BCUT2D eigenvalue weighted by molar-refractivity contribution is 7.12. The van der Waals surface area contributed by atoms with Crippen LogP contribution in [0.25, 0.3) is 0 Å². The minimum atomic E-state index is -0.844. The van der Waals surface area contributed by atoms with E-state index in [9.17, 15) is 9.90 Å². The van der Waals surface area contributed by atoms with Crippen LogP contribution in [0.15, 0.2) is 35.7 Å². The molecular weight excluding hydrogens is 333 g/mol.